The van der Waals surface area contributed by atoms with E-state index in [1.165, 1.54) is 6.42 Å². The van der Waals surface area contributed by atoms with Crippen LogP contribution in [-0.4, -0.2) is 97.6 Å². The predicted octanol–water partition coefficient (Wildman–Crippen LogP) is 0.689. The number of hydrogen-bond acceptors (Lipinski definition) is 5. The van der Waals surface area contributed by atoms with Crippen LogP contribution in [0.1, 0.15) is 45.4 Å². The molecule has 3 aliphatic heterocycles. The van der Waals surface area contributed by atoms with Crippen LogP contribution in [0.5, 0.6) is 0 Å². The summed E-state index contributed by atoms with van der Waals surface area (Å²) in [5.74, 6) is 0.435. The number of hydrogen-bond donors (Lipinski definition) is 1. The van der Waals surface area contributed by atoms with Crippen LogP contribution < -0.4 is 5.32 Å². The Hall–Kier alpha value is -1.18. The van der Waals surface area contributed by atoms with Crippen LogP contribution >= 0.6 is 0 Å². The number of nitrogens with one attached hydrogen (secondary N) is 1. The number of rotatable bonds is 6. The molecule has 0 aromatic carbocycles. The molecule has 0 saturated carbocycles. The van der Waals surface area contributed by atoms with Crippen LogP contribution in [0.2, 0.25) is 0 Å². The Kier molecular flexibility index (Phi) is 6.76. The third kappa shape index (κ3) is 4.46. The molecule has 3 heterocycles. The molecule has 2 amide bonds. The maximum Gasteiger partial charge on any atom is 0.242 e. The summed E-state index contributed by atoms with van der Waals surface area (Å²) >= 11 is 0. The summed E-state index contributed by atoms with van der Waals surface area (Å²) in [6, 6.07) is 0.807. The van der Waals surface area contributed by atoms with Crippen molar-refractivity contribution in [2.24, 2.45) is 0 Å². The molecule has 3 fully saturated rings. The van der Waals surface area contributed by atoms with Crippen molar-refractivity contribution in [3.05, 3.63) is 0 Å². The third-order valence-corrected chi connectivity index (χ3v) is 6.69. The lowest BCUT2D eigenvalue weighted by Gasteiger charge is -2.42. The molecule has 3 aliphatic rings. The molecule has 1 N–H and O–H groups in total. The van der Waals surface area contributed by atoms with Crippen LogP contribution in [0.4, 0.5) is 0 Å². The average molecular weight is 381 g/mol. The minimum absolute atomic E-state index is 0.176. The number of piperidine rings is 2. The largest absolute Gasteiger partial charge is 0.383 e. The van der Waals surface area contributed by atoms with E-state index in [-0.39, 0.29) is 17.4 Å². The van der Waals surface area contributed by atoms with Gasteiger partial charge in [-0.25, -0.2) is 0 Å². The first-order valence-electron chi connectivity index (χ1n) is 10.5. The molecule has 27 heavy (non-hydrogen) atoms. The monoisotopic (exact) mass is 380 g/mol. The highest BCUT2D eigenvalue weighted by molar-refractivity contribution is 5.87. The van der Waals surface area contributed by atoms with E-state index in [9.17, 15) is 9.59 Å². The van der Waals surface area contributed by atoms with Gasteiger partial charge < -0.3 is 19.9 Å². The van der Waals surface area contributed by atoms with Crippen molar-refractivity contribution in [3.8, 4) is 0 Å². The number of methoxy groups -OCH3 is 1. The SMILES string of the molecule is COCCN(C)C(=O)[C@]12CCCCN1C[C@@H](NC1CCN(C(C)=O)CC1)C2. The predicted molar refractivity (Wildman–Crippen MR) is 104 cm³/mol. The molecule has 3 rings (SSSR count). The number of fused-ring (bicyclic) bond motifs is 1. The Bertz CT molecular complexity index is 535. The maximum atomic E-state index is 13.3. The maximum absolute atomic E-state index is 13.3. The number of nitrogens with zero attached hydrogens (tertiary/aromatic N) is 3. The van der Waals surface area contributed by atoms with Crippen molar-refractivity contribution >= 4 is 11.8 Å². The second-order valence-electron chi connectivity index (χ2n) is 8.50. The molecule has 7 heteroatoms. The standard InChI is InChI=1S/C20H36N4O3/c1-16(25)23-10-6-17(7-11-23)21-18-14-20(8-4-5-9-24(20)15-18)19(26)22(2)12-13-27-3/h17-18,21H,4-15H2,1-3H3/t18-,20+/m0/s1. The van der Waals surface area contributed by atoms with Crippen LogP contribution in [0, 0.1) is 0 Å². The molecule has 0 aromatic heterocycles. The van der Waals surface area contributed by atoms with E-state index < -0.39 is 0 Å². The zero-order chi connectivity index (χ0) is 19.4. The van der Waals surface area contributed by atoms with Crippen molar-refractivity contribution in [1.29, 1.82) is 0 Å². The molecular formula is C20H36N4O3. The lowest BCUT2D eigenvalue weighted by atomic mass is 9.84. The van der Waals surface area contributed by atoms with Crippen LogP contribution in [0.3, 0.4) is 0 Å². The highest BCUT2D eigenvalue weighted by atomic mass is 16.5. The molecule has 2 atom stereocenters. The van der Waals surface area contributed by atoms with Gasteiger partial charge in [0.15, 0.2) is 0 Å². The van der Waals surface area contributed by atoms with Gasteiger partial charge in [-0.2, -0.15) is 0 Å². The molecule has 7 nitrogen and oxygen atoms in total. The zero-order valence-electron chi connectivity index (χ0n) is 17.2. The summed E-state index contributed by atoms with van der Waals surface area (Å²) in [5.41, 5.74) is -0.335. The number of carbonyl (C=O) groups excluding carboxylic acids is 2. The van der Waals surface area contributed by atoms with E-state index in [0.29, 0.717) is 25.2 Å². The fourth-order valence-corrected chi connectivity index (χ4v) is 5.15. The highest BCUT2D eigenvalue weighted by Gasteiger charge is 2.53. The van der Waals surface area contributed by atoms with Crippen LogP contribution in [-0.2, 0) is 14.3 Å². The molecule has 0 radical (unpaired) electrons. The number of ether oxygens (including phenoxy) is 1. The fraction of sp³-hybridized carbons (Fsp3) is 0.900. The van der Waals surface area contributed by atoms with Crippen molar-refractivity contribution < 1.29 is 14.3 Å². The first-order valence-corrected chi connectivity index (χ1v) is 10.5. The summed E-state index contributed by atoms with van der Waals surface area (Å²) < 4.78 is 5.16. The molecular weight excluding hydrogens is 344 g/mol. The van der Waals surface area contributed by atoms with Crippen LogP contribution in [0.15, 0.2) is 0 Å². The molecule has 0 unspecified atom stereocenters. The van der Waals surface area contributed by atoms with E-state index in [1.54, 1.807) is 14.0 Å². The number of amides is 2. The molecule has 0 aliphatic carbocycles. The van der Waals surface area contributed by atoms with Gasteiger partial charge in [0, 0.05) is 59.3 Å². The van der Waals surface area contributed by atoms with E-state index >= 15 is 0 Å². The first kappa shape index (κ1) is 20.6. The molecule has 0 bridgehead atoms. The summed E-state index contributed by atoms with van der Waals surface area (Å²) in [7, 11) is 3.58. The van der Waals surface area contributed by atoms with Gasteiger partial charge in [0.2, 0.25) is 11.8 Å². The van der Waals surface area contributed by atoms with Crippen molar-refractivity contribution in [2.75, 3.05) is 53.5 Å². The summed E-state index contributed by atoms with van der Waals surface area (Å²) in [4.78, 5) is 31.1. The number of likely N-dealkylation sites (tertiary alicyclic amines) is 1. The quantitative estimate of drug-likeness (QED) is 0.734. The topological polar surface area (TPSA) is 65.1 Å². The second-order valence-corrected chi connectivity index (χ2v) is 8.50. The minimum atomic E-state index is -0.335. The van der Waals surface area contributed by atoms with Gasteiger partial charge in [-0.1, -0.05) is 0 Å². The van der Waals surface area contributed by atoms with Crippen molar-refractivity contribution in [3.63, 3.8) is 0 Å². The van der Waals surface area contributed by atoms with E-state index in [2.05, 4.69) is 10.2 Å². The van der Waals surface area contributed by atoms with Crippen LogP contribution in [0.25, 0.3) is 0 Å². The van der Waals surface area contributed by atoms with Gasteiger partial charge in [-0.15, -0.1) is 0 Å². The summed E-state index contributed by atoms with van der Waals surface area (Å²) in [5, 5.41) is 3.82. The molecule has 3 saturated heterocycles. The third-order valence-electron chi connectivity index (χ3n) is 6.69. The van der Waals surface area contributed by atoms with Crippen molar-refractivity contribution in [2.45, 2.75) is 63.1 Å². The van der Waals surface area contributed by atoms with Gasteiger partial charge in [0.05, 0.1) is 6.61 Å². The van der Waals surface area contributed by atoms with Gasteiger partial charge in [-0.3, -0.25) is 14.5 Å². The highest BCUT2D eigenvalue weighted by Crippen LogP contribution is 2.39. The minimum Gasteiger partial charge on any atom is -0.383 e. The van der Waals surface area contributed by atoms with Gasteiger partial charge >= 0.3 is 0 Å². The Balaban J connectivity index is 1.60. The normalized spacial score (nSPS) is 29.6. The first-order chi connectivity index (χ1) is 13.0. The lowest BCUT2D eigenvalue weighted by Crippen LogP contribution is -2.58. The summed E-state index contributed by atoms with van der Waals surface area (Å²) in [6.45, 7) is 6.53. The van der Waals surface area contributed by atoms with Gasteiger partial charge in [0.1, 0.15) is 5.54 Å². The Morgan fingerprint density at radius 2 is 1.93 bits per heavy atom. The van der Waals surface area contributed by atoms with E-state index in [4.69, 9.17) is 4.74 Å². The molecule has 0 spiro atoms. The lowest BCUT2D eigenvalue weighted by molar-refractivity contribution is -0.144. The number of carbonyl (C=O) groups is 2. The average Bonchev–Trinajstić information content (AvgIpc) is 3.04. The summed E-state index contributed by atoms with van der Waals surface area (Å²) in [6.07, 6.45) is 6.18. The molecule has 0 aromatic rings. The molecule has 154 valence electrons. The van der Waals surface area contributed by atoms with Crippen molar-refractivity contribution in [1.82, 2.24) is 20.0 Å². The smallest absolute Gasteiger partial charge is 0.242 e. The van der Waals surface area contributed by atoms with Gasteiger partial charge in [0.25, 0.3) is 0 Å². The second kappa shape index (κ2) is 8.88. The fourth-order valence-electron chi connectivity index (χ4n) is 5.15. The van der Waals surface area contributed by atoms with E-state index in [1.807, 2.05) is 16.8 Å². The Morgan fingerprint density at radius 3 is 2.59 bits per heavy atom. The van der Waals surface area contributed by atoms with E-state index in [0.717, 1.165) is 58.3 Å². The van der Waals surface area contributed by atoms with Gasteiger partial charge in [-0.05, 0) is 45.1 Å². The Labute approximate surface area is 163 Å². The number of likely N-dealkylation sites (N-methyl/N-ethyl adjacent to an activating group) is 1. The Morgan fingerprint density at radius 1 is 1.19 bits per heavy atom. The zero-order valence-corrected chi connectivity index (χ0v) is 17.2.